The molecule has 0 bridgehead atoms. The van der Waals surface area contributed by atoms with Crippen molar-refractivity contribution in [1.82, 2.24) is 4.98 Å². The number of rotatable bonds is 4. The maximum Gasteiger partial charge on any atom is 0.320 e. The molecular weight excluding hydrogens is 210 g/mol. The molecule has 4 N–H and O–H groups in total. The molecule has 1 heterocycles. The van der Waals surface area contributed by atoms with E-state index in [2.05, 4.69) is 4.98 Å². The van der Waals surface area contributed by atoms with E-state index in [1.807, 2.05) is 0 Å². The van der Waals surface area contributed by atoms with Crippen LogP contribution in [0.25, 0.3) is 0 Å². The molecular formula is C10H13N3O3. The van der Waals surface area contributed by atoms with Gasteiger partial charge in [0.1, 0.15) is 12.4 Å². The van der Waals surface area contributed by atoms with Crippen LogP contribution >= 0.6 is 0 Å². The molecule has 0 saturated heterocycles. The van der Waals surface area contributed by atoms with Crippen LogP contribution in [0.4, 0.5) is 0 Å². The number of esters is 1. The summed E-state index contributed by atoms with van der Waals surface area (Å²) < 4.78 is 4.80. The molecule has 0 amide bonds. The molecule has 1 aromatic rings. The maximum atomic E-state index is 10.8. The van der Waals surface area contributed by atoms with E-state index in [4.69, 9.17) is 15.9 Å². The first-order valence-corrected chi connectivity index (χ1v) is 4.63. The first-order chi connectivity index (χ1) is 7.60. The first-order valence-electron chi connectivity index (χ1n) is 4.63. The van der Waals surface area contributed by atoms with E-state index < -0.39 is 5.97 Å². The van der Waals surface area contributed by atoms with E-state index >= 15 is 0 Å². The Balaban J connectivity index is 2.92. The quantitative estimate of drug-likeness (QED) is 0.495. The number of carbonyl (C=O) groups excluding carboxylic acids is 1. The van der Waals surface area contributed by atoms with Gasteiger partial charge in [0, 0.05) is 23.5 Å². The highest BCUT2D eigenvalue weighted by Crippen LogP contribution is 2.22. The zero-order valence-electron chi connectivity index (χ0n) is 8.86. The summed E-state index contributed by atoms with van der Waals surface area (Å²) in [6.45, 7) is 1.37. The molecule has 6 heteroatoms. The normalized spacial score (nSPS) is 9.88. The van der Waals surface area contributed by atoms with E-state index in [1.54, 1.807) is 6.92 Å². The lowest BCUT2D eigenvalue weighted by Crippen LogP contribution is -2.17. The van der Waals surface area contributed by atoms with E-state index in [-0.39, 0.29) is 18.9 Å². The monoisotopic (exact) mass is 223 g/mol. The minimum absolute atomic E-state index is 0.0540. The van der Waals surface area contributed by atoms with Crippen molar-refractivity contribution in [3.63, 3.8) is 0 Å². The second kappa shape index (κ2) is 5.22. The number of aromatic nitrogens is 1. The molecule has 16 heavy (non-hydrogen) atoms. The van der Waals surface area contributed by atoms with Crippen molar-refractivity contribution in [2.24, 2.45) is 5.73 Å². The average Bonchev–Trinajstić information content (AvgIpc) is 2.30. The predicted octanol–water partition coefficient (Wildman–Crippen LogP) is 0.0952. The number of pyridine rings is 1. The summed E-state index contributed by atoms with van der Waals surface area (Å²) in [5.74, 6) is -0.618. The van der Waals surface area contributed by atoms with Gasteiger partial charge in [-0.3, -0.25) is 9.78 Å². The third-order valence-corrected chi connectivity index (χ3v) is 2.06. The summed E-state index contributed by atoms with van der Waals surface area (Å²) in [5, 5.41) is 16.8. The van der Waals surface area contributed by atoms with E-state index in [0.29, 0.717) is 16.8 Å². The van der Waals surface area contributed by atoms with Gasteiger partial charge in [0.2, 0.25) is 0 Å². The third-order valence-electron chi connectivity index (χ3n) is 2.06. The fraction of sp³-hybridized carbons (Fsp3) is 0.300. The number of carbonyl (C=O) groups is 1. The molecule has 0 saturated carbocycles. The second-order valence-electron chi connectivity index (χ2n) is 3.14. The van der Waals surface area contributed by atoms with Crippen molar-refractivity contribution in [2.75, 3.05) is 6.54 Å². The Bertz CT molecular complexity index is 418. The van der Waals surface area contributed by atoms with Crippen molar-refractivity contribution in [3.05, 3.63) is 23.0 Å². The molecule has 0 aliphatic carbocycles. The van der Waals surface area contributed by atoms with E-state index in [9.17, 15) is 9.90 Å². The molecule has 6 nitrogen and oxygen atoms in total. The second-order valence-corrected chi connectivity index (χ2v) is 3.14. The summed E-state index contributed by atoms with van der Waals surface area (Å²) in [6.07, 6.45) is 2.45. The zero-order valence-corrected chi connectivity index (χ0v) is 8.86. The minimum atomic E-state index is -0.545. The van der Waals surface area contributed by atoms with Gasteiger partial charge in [0.15, 0.2) is 0 Å². The smallest absolute Gasteiger partial charge is 0.320 e. The number of aromatic hydroxyl groups is 1. The Morgan fingerprint density at radius 3 is 3.00 bits per heavy atom. The molecule has 0 spiro atoms. The highest BCUT2D eigenvalue weighted by atomic mass is 16.5. The van der Waals surface area contributed by atoms with Crippen molar-refractivity contribution in [1.29, 1.82) is 5.41 Å². The van der Waals surface area contributed by atoms with Gasteiger partial charge >= 0.3 is 5.97 Å². The molecule has 0 fully saturated rings. The van der Waals surface area contributed by atoms with Crippen LogP contribution in [0.2, 0.25) is 0 Å². The lowest BCUT2D eigenvalue weighted by atomic mass is 10.1. The number of nitrogens with two attached hydrogens (primary N) is 1. The summed E-state index contributed by atoms with van der Waals surface area (Å²) in [4.78, 5) is 14.8. The van der Waals surface area contributed by atoms with E-state index in [1.165, 1.54) is 6.20 Å². The Morgan fingerprint density at radius 2 is 2.44 bits per heavy atom. The average molecular weight is 223 g/mol. The lowest BCUT2D eigenvalue weighted by molar-refractivity contribution is -0.143. The van der Waals surface area contributed by atoms with Crippen LogP contribution in [0.15, 0.2) is 6.20 Å². The molecule has 1 rings (SSSR count). The third kappa shape index (κ3) is 2.54. The standard InChI is InChI=1S/C10H13N3O3/c1-6-10(15)8(2-11)7(4-13-6)5-16-9(14)3-12/h2,4,11,15H,3,5,12H2,1H3. The SMILES string of the molecule is Cc1ncc(COC(=O)CN)c(C=N)c1O. The molecule has 0 atom stereocenters. The van der Waals surface area contributed by atoms with E-state index in [0.717, 1.165) is 6.21 Å². The van der Waals surface area contributed by atoms with Gasteiger partial charge in [-0.25, -0.2) is 0 Å². The molecule has 0 unspecified atom stereocenters. The molecule has 0 aliphatic heterocycles. The molecule has 1 aromatic heterocycles. The Labute approximate surface area is 92.6 Å². The molecule has 0 aromatic carbocycles. The summed E-state index contributed by atoms with van der Waals surface area (Å²) in [6, 6.07) is 0. The number of nitrogens with zero attached hydrogens (tertiary/aromatic N) is 1. The Kier molecular flexibility index (Phi) is 3.96. The Hall–Kier alpha value is -1.95. The largest absolute Gasteiger partial charge is 0.505 e. The van der Waals surface area contributed by atoms with Gasteiger partial charge in [-0.1, -0.05) is 0 Å². The van der Waals surface area contributed by atoms with Crippen LogP contribution in [0.1, 0.15) is 16.8 Å². The van der Waals surface area contributed by atoms with Crippen LogP contribution in [0.3, 0.4) is 0 Å². The maximum absolute atomic E-state index is 10.8. The van der Waals surface area contributed by atoms with Gasteiger partial charge in [0.25, 0.3) is 0 Å². The van der Waals surface area contributed by atoms with Gasteiger partial charge in [-0.05, 0) is 6.92 Å². The predicted molar refractivity (Wildman–Crippen MR) is 57.4 cm³/mol. The Morgan fingerprint density at radius 1 is 1.75 bits per heavy atom. The van der Waals surface area contributed by atoms with Gasteiger partial charge in [-0.2, -0.15) is 0 Å². The summed E-state index contributed by atoms with van der Waals surface area (Å²) in [5.41, 5.74) is 6.28. The van der Waals surface area contributed by atoms with Gasteiger partial charge < -0.3 is 21.0 Å². The topological polar surface area (TPSA) is 109 Å². The van der Waals surface area contributed by atoms with Crippen LogP contribution in [0, 0.1) is 12.3 Å². The summed E-state index contributed by atoms with van der Waals surface area (Å²) in [7, 11) is 0. The van der Waals surface area contributed by atoms with Crippen LogP contribution in [0.5, 0.6) is 5.75 Å². The highest BCUT2D eigenvalue weighted by molar-refractivity contribution is 5.83. The van der Waals surface area contributed by atoms with Crippen molar-refractivity contribution in [2.45, 2.75) is 13.5 Å². The number of hydrogen-bond acceptors (Lipinski definition) is 6. The van der Waals surface area contributed by atoms with Crippen LogP contribution in [-0.4, -0.2) is 28.8 Å². The van der Waals surface area contributed by atoms with Gasteiger partial charge in [-0.15, -0.1) is 0 Å². The van der Waals surface area contributed by atoms with Crippen molar-refractivity contribution >= 4 is 12.2 Å². The van der Waals surface area contributed by atoms with Gasteiger partial charge in [0.05, 0.1) is 12.2 Å². The zero-order chi connectivity index (χ0) is 12.1. The van der Waals surface area contributed by atoms with Crippen molar-refractivity contribution < 1.29 is 14.6 Å². The number of ether oxygens (including phenoxy) is 1. The number of aryl methyl sites for hydroxylation is 1. The highest BCUT2D eigenvalue weighted by Gasteiger charge is 2.11. The number of nitrogens with one attached hydrogen (secondary N) is 1. The lowest BCUT2D eigenvalue weighted by Gasteiger charge is -2.09. The molecule has 0 aliphatic rings. The minimum Gasteiger partial charge on any atom is -0.505 e. The fourth-order valence-electron chi connectivity index (χ4n) is 1.15. The molecule has 86 valence electrons. The molecule has 0 radical (unpaired) electrons. The van der Waals surface area contributed by atoms with Crippen LogP contribution < -0.4 is 5.73 Å². The number of hydrogen-bond donors (Lipinski definition) is 3. The fourth-order valence-corrected chi connectivity index (χ4v) is 1.15. The van der Waals surface area contributed by atoms with Crippen molar-refractivity contribution in [3.8, 4) is 5.75 Å². The first kappa shape index (κ1) is 12.1. The van der Waals surface area contributed by atoms with Crippen LogP contribution in [-0.2, 0) is 16.1 Å². The summed E-state index contributed by atoms with van der Waals surface area (Å²) >= 11 is 0.